The van der Waals surface area contributed by atoms with Gasteiger partial charge in [0, 0.05) is 34.6 Å². The summed E-state index contributed by atoms with van der Waals surface area (Å²) in [6.07, 6.45) is 4.71. The molecule has 0 spiro atoms. The van der Waals surface area contributed by atoms with Gasteiger partial charge in [0.15, 0.2) is 0 Å². The predicted molar refractivity (Wildman–Crippen MR) is 135 cm³/mol. The van der Waals surface area contributed by atoms with E-state index in [9.17, 15) is 17.6 Å². The molecule has 0 bridgehead atoms. The fraction of sp³-hybridized carbons (Fsp3) is 0.480. The average Bonchev–Trinajstić information content (AvgIpc) is 3.61. The van der Waals surface area contributed by atoms with Crippen LogP contribution in [-0.2, 0) is 10.0 Å². The summed E-state index contributed by atoms with van der Waals surface area (Å²) in [5.74, 6) is -0.915. The molecule has 10 heteroatoms. The van der Waals surface area contributed by atoms with Gasteiger partial charge in [-0.2, -0.15) is 0 Å². The van der Waals surface area contributed by atoms with Gasteiger partial charge in [0.1, 0.15) is 11.6 Å². The van der Waals surface area contributed by atoms with Crippen LogP contribution in [0.1, 0.15) is 66.1 Å². The Bertz CT molecular complexity index is 1200. The van der Waals surface area contributed by atoms with Crippen LogP contribution in [0, 0.1) is 11.7 Å². The van der Waals surface area contributed by atoms with E-state index in [1.807, 2.05) is 16.9 Å². The number of benzene rings is 2. The number of likely N-dealkylation sites (tertiary alicyclic amines) is 1. The maximum atomic E-state index is 14.8. The highest BCUT2D eigenvalue weighted by atomic mass is 35.5. The van der Waals surface area contributed by atoms with Crippen LogP contribution in [0.3, 0.4) is 0 Å². The zero-order valence-electron chi connectivity index (χ0n) is 19.7. The lowest BCUT2D eigenvalue weighted by Gasteiger charge is -2.37. The molecule has 4 rings (SSSR count). The molecule has 6 nitrogen and oxygen atoms in total. The lowest BCUT2D eigenvalue weighted by atomic mass is 9.95. The maximum Gasteiger partial charge on any atom is 0.267 e. The Labute approximate surface area is 215 Å². The van der Waals surface area contributed by atoms with Gasteiger partial charge in [0.05, 0.1) is 18.4 Å². The number of halogens is 3. The van der Waals surface area contributed by atoms with Crippen molar-refractivity contribution in [1.82, 2.24) is 9.62 Å². The second kappa shape index (κ2) is 10.6. The van der Waals surface area contributed by atoms with Crippen LogP contribution >= 0.6 is 23.2 Å². The van der Waals surface area contributed by atoms with Crippen molar-refractivity contribution in [3.05, 3.63) is 62.9 Å². The molecule has 1 N–H and O–H groups in total. The van der Waals surface area contributed by atoms with Gasteiger partial charge in [-0.25, -0.2) is 17.5 Å². The number of rotatable bonds is 8. The third kappa shape index (κ3) is 6.88. The topological polar surface area (TPSA) is 75.7 Å². The van der Waals surface area contributed by atoms with Crippen LogP contribution in [0.4, 0.5) is 4.39 Å². The average molecular weight is 543 g/mol. The molecule has 1 heterocycles. The molecule has 1 amide bonds. The second-order valence-electron chi connectivity index (χ2n) is 9.54. The summed E-state index contributed by atoms with van der Waals surface area (Å²) in [4.78, 5) is 14.6. The highest BCUT2D eigenvalue weighted by Gasteiger charge is 2.31. The molecule has 0 aromatic heterocycles. The van der Waals surface area contributed by atoms with Crippen LogP contribution in [0.15, 0.2) is 30.3 Å². The molecule has 1 saturated heterocycles. The first-order valence-electron chi connectivity index (χ1n) is 11.7. The largest absolute Gasteiger partial charge is 0.493 e. The van der Waals surface area contributed by atoms with Crippen LogP contribution in [0.2, 0.25) is 10.0 Å². The first-order valence-corrected chi connectivity index (χ1v) is 14.3. The first kappa shape index (κ1) is 26.2. The molecule has 190 valence electrons. The molecule has 2 aromatic carbocycles. The number of amides is 1. The molecular weight excluding hydrogens is 514 g/mol. The van der Waals surface area contributed by atoms with Crippen molar-refractivity contribution in [1.29, 1.82) is 0 Å². The molecule has 35 heavy (non-hydrogen) atoms. The van der Waals surface area contributed by atoms with E-state index in [2.05, 4.69) is 11.8 Å². The van der Waals surface area contributed by atoms with Gasteiger partial charge in [0.25, 0.3) is 5.91 Å². The third-order valence-electron chi connectivity index (χ3n) is 6.58. The summed E-state index contributed by atoms with van der Waals surface area (Å²) in [6, 6.07) is 8.37. The minimum Gasteiger partial charge on any atom is -0.493 e. The van der Waals surface area contributed by atoms with Gasteiger partial charge in [-0.15, -0.1) is 0 Å². The number of nitrogens with zero attached hydrogens (tertiary/aromatic N) is 1. The lowest BCUT2D eigenvalue weighted by molar-refractivity contribution is 0.0975. The SMILES string of the molecule is CC(c1cc(Cl)cc(Cl)c1)N1CCC[C@H](COc2cc(F)c(C(=O)NS(C)(=O)=O)cc2C2CC2)C1. The summed E-state index contributed by atoms with van der Waals surface area (Å²) < 4.78 is 45.5. The summed E-state index contributed by atoms with van der Waals surface area (Å²) in [5.41, 5.74) is 1.52. The van der Waals surface area contributed by atoms with Gasteiger partial charge >= 0.3 is 0 Å². The smallest absolute Gasteiger partial charge is 0.267 e. The summed E-state index contributed by atoms with van der Waals surface area (Å²) in [5, 5.41) is 1.22. The van der Waals surface area contributed by atoms with Crippen molar-refractivity contribution in [3.8, 4) is 5.75 Å². The first-order chi connectivity index (χ1) is 16.5. The van der Waals surface area contributed by atoms with Crippen molar-refractivity contribution in [2.24, 2.45) is 5.92 Å². The quantitative estimate of drug-likeness (QED) is 0.473. The van der Waals surface area contributed by atoms with E-state index in [0.717, 1.165) is 56.2 Å². The monoisotopic (exact) mass is 542 g/mol. The van der Waals surface area contributed by atoms with Crippen molar-refractivity contribution in [2.75, 3.05) is 26.0 Å². The Morgan fingerprint density at radius 2 is 1.86 bits per heavy atom. The number of hydrogen-bond acceptors (Lipinski definition) is 5. The normalized spacial score (nSPS) is 19.9. The van der Waals surface area contributed by atoms with Crippen molar-refractivity contribution in [3.63, 3.8) is 0 Å². The second-order valence-corrected chi connectivity index (χ2v) is 12.2. The molecule has 2 atom stereocenters. The number of hydrogen-bond donors (Lipinski definition) is 1. The van der Waals surface area contributed by atoms with Crippen LogP contribution in [0.5, 0.6) is 5.75 Å². The highest BCUT2D eigenvalue weighted by Crippen LogP contribution is 2.45. The Balaban J connectivity index is 1.45. The summed E-state index contributed by atoms with van der Waals surface area (Å²) in [7, 11) is -3.79. The molecule has 2 aromatic rings. The van der Waals surface area contributed by atoms with Crippen LogP contribution < -0.4 is 9.46 Å². The van der Waals surface area contributed by atoms with E-state index >= 15 is 0 Å². The number of sulfonamides is 1. The molecule has 2 aliphatic rings. The Morgan fingerprint density at radius 1 is 1.17 bits per heavy atom. The van der Waals surface area contributed by atoms with E-state index < -0.39 is 21.7 Å². The zero-order chi connectivity index (χ0) is 25.3. The lowest BCUT2D eigenvalue weighted by Crippen LogP contribution is -2.39. The number of carbonyl (C=O) groups is 1. The van der Waals surface area contributed by atoms with Gasteiger partial charge in [-0.3, -0.25) is 9.69 Å². The Kier molecular flexibility index (Phi) is 7.95. The molecule has 1 saturated carbocycles. The fourth-order valence-corrected chi connectivity index (χ4v) is 5.62. The van der Waals surface area contributed by atoms with E-state index in [0.29, 0.717) is 22.4 Å². The van der Waals surface area contributed by atoms with E-state index in [1.165, 1.54) is 12.1 Å². The van der Waals surface area contributed by atoms with Crippen molar-refractivity contribution >= 4 is 39.1 Å². The van der Waals surface area contributed by atoms with Gasteiger partial charge in [-0.1, -0.05) is 23.2 Å². The maximum absolute atomic E-state index is 14.8. The van der Waals surface area contributed by atoms with Gasteiger partial charge < -0.3 is 4.74 Å². The number of nitrogens with one attached hydrogen (secondary N) is 1. The van der Waals surface area contributed by atoms with Gasteiger partial charge in [0.2, 0.25) is 10.0 Å². The number of piperidine rings is 1. The Hall–Kier alpha value is -1.87. The van der Waals surface area contributed by atoms with E-state index in [1.54, 1.807) is 6.07 Å². The minimum absolute atomic E-state index is 0.140. The predicted octanol–water partition coefficient (Wildman–Crippen LogP) is 5.55. The number of ether oxygens (including phenoxy) is 1. The van der Waals surface area contributed by atoms with E-state index in [-0.39, 0.29) is 23.4 Å². The molecule has 1 unspecified atom stereocenters. The molecule has 1 aliphatic carbocycles. The number of carbonyl (C=O) groups excluding carboxylic acids is 1. The van der Waals surface area contributed by atoms with Crippen LogP contribution in [0.25, 0.3) is 0 Å². The van der Waals surface area contributed by atoms with Gasteiger partial charge in [-0.05, 0) is 80.5 Å². The molecular formula is C25H29Cl2FN2O4S. The van der Waals surface area contributed by atoms with Crippen LogP contribution in [-0.4, -0.2) is 45.2 Å². The van der Waals surface area contributed by atoms with E-state index in [4.69, 9.17) is 27.9 Å². The fourth-order valence-electron chi connectivity index (χ4n) is 4.63. The summed E-state index contributed by atoms with van der Waals surface area (Å²) in [6.45, 7) is 4.33. The molecule has 2 fully saturated rings. The summed E-state index contributed by atoms with van der Waals surface area (Å²) >= 11 is 12.4. The zero-order valence-corrected chi connectivity index (χ0v) is 22.0. The van der Waals surface area contributed by atoms with Crippen molar-refractivity contribution in [2.45, 2.75) is 44.6 Å². The Morgan fingerprint density at radius 3 is 2.49 bits per heavy atom. The molecule has 0 radical (unpaired) electrons. The minimum atomic E-state index is -3.79. The third-order valence-corrected chi connectivity index (χ3v) is 7.57. The van der Waals surface area contributed by atoms with Crippen molar-refractivity contribution < 1.29 is 22.3 Å². The highest BCUT2D eigenvalue weighted by molar-refractivity contribution is 7.89. The molecule has 1 aliphatic heterocycles. The standard InChI is InChI=1S/C25H29Cl2FN2O4S/c1-15(18-8-19(26)10-20(27)9-18)30-7-3-4-16(13-30)14-34-24-12-23(28)22(11-21(24)17-5-6-17)25(31)29-35(2,32)33/h8-12,15-17H,3-7,13-14H2,1-2H3,(H,29,31)/t15?,16-/m0/s1.